The Balaban J connectivity index is 1.68. The molecule has 7 heteroatoms. The van der Waals surface area contributed by atoms with Crippen LogP contribution in [0, 0.1) is 0 Å². The van der Waals surface area contributed by atoms with Gasteiger partial charge < -0.3 is 9.47 Å². The zero-order chi connectivity index (χ0) is 17.8. The zero-order valence-corrected chi connectivity index (χ0v) is 14.0. The van der Waals surface area contributed by atoms with Crippen LogP contribution in [0.4, 0.5) is 0 Å². The average molecular weight is 357 g/mol. The van der Waals surface area contributed by atoms with Crippen LogP contribution in [0.2, 0.25) is 5.02 Å². The number of ketones is 1. The first-order chi connectivity index (χ1) is 12.1. The Bertz CT molecular complexity index is 959. The Labute approximate surface area is 148 Å². The minimum Gasteiger partial charge on any atom is -0.495 e. The van der Waals surface area contributed by atoms with Gasteiger partial charge in [0.2, 0.25) is 0 Å². The molecule has 0 saturated carbocycles. The number of esters is 1. The lowest BCUT2D eigenvalue weighted by atomic mass is 10.1. The summed E-state index contributed by atoms with van der Waals surface area (Å²) in [6.45, 7) is -0.389. The normalized spacial score (nSPS) is 10.5. The first-order valence-corrected chi connectivity index (χ1v) is 7.71. The van der Waals surface area contributed by atoms with Crippen molar-refractivity contribution in [1.82, 2.24) is 9.97 Å². The molecule has 0 unspecified atom stereocenters. The van der Waals surface area contributed by atoms with Crippen molar-refractivity contribution in [2.75, 3.05) is 13.7 Å². The molecule has 0 N–H and O–H groups in total. The Morgan fingerprint density at radius 3 is 2.44 bits per heavy atom. The number of methoxy groups -OCH3 is 1. The van der Waals surface area contributed by atoms with E-state index in [1.807, 2.05) is 0 Å². The third-order valence-corrected chi connectivity index (χ3v) is 3.81. The number of carbonyl (C=O) groups is 2. The van der Waals surface area contributed by atoms with Crippen molar-refractivity contribution in [1.29, 1.82) is 0 Å². The van der Waals surface area contributed by atoms with Crippen molar-refractivity contribution in [3.63, 3.8) is 0 Å². The summed E-state index contributed by atoms with van der Waals surface area (Å²) < 4.78 is 10.1. The highest BCUT2D eigenvalue weighted by Gasteiger charge is 2.14. The highest BCUT2D eigenvalue weighted by atomic mass is 35.5. The van der Waals surface area contributed by atoms with Crippen molar-refractivity contribution in [2.24, 2.45) is 0 Å². The number of benzene rings is 2. The van der Waals surface area contributed by atoms with Crippen molar-refractivity contribution in [2.45, 2.75) is 0 Å². The lowest BCUT2D eigenvalue weighted by molar-refractivity contribution is 0.0475. The summed E-state index contributed by atoms with van der Waals surface area (Å²) >= 11 is 5.99. The Kier molecular flexibility index (Phi) is 4.90. The second kappa shape index (κ2) is 7.27. The fraction of sp³-hybridized carbons (Fsp3) is 0.111. The van der Waals surface area contributed by atoms with Gasteiger partial charge in [0.25, 0.3) is 0 Å². The number of Topliss-reactive ketones (excluding diaryl/α,β-unsaturated/α-hetero) is 1. The number of aromatic nitrogens is 2. The molecule has 0 amide bonds. The van der Waals surface area contributed by atoms with Crippen LogP contribution < -0.4 is 4.74 Å². The minimum absolute atomic E-state index is 0.300. The largest absolute Gasteiger partial charge is 0.495 e. The molecule has 0 aliphatic heterocycles. The molecule has 1 aromatic heterocycles. The molecule has 1 heterocycles. The van der Waals surface area contributed by atoms with E-state index in [0.717, 1.165) is 0 Å². The molecule has 2 aromatic carbocycles. The van der Waals surface area contributed by atoms with Crippen LogP contribution in [0.1, 0.15) is 20.7 Å². The summed E-state index contributed by atoms with van der Waals surface area (Å²) in [6.07, 6.45) is 3.10. The third-order valence-electron chi connectivity index (χ3n) is 3.51. The molecule has 0 atom stereocenters. The van der Waals surface area contributed by atoms with E-state index >= 15 is 0 Å². The maximum atomic E-state index is 12.1. The monoisotopic (exact) mass is 356 g/mol. The van der Waals surface area contributed by atoms with E-state index in [0.29, 0.717) is 32.9 Å². The molecular formula is C18H13ClN2O4. The fourth-order valence-corrected chi connectivity index (χ4v) is 2.49. The van der Waals surface area contributed by atoms with Gasteiger partial charge in [-0.15, -0.1) is 0 Å². The number of fused-ring (bicyclic) bond motifs is 1. The molecule has 3 aromatic rings. The molecule has 6 nitrogen and oxygen atoms in total. The predicted octanol–water partition coefficient (Wildman–Crippen LogP) is 3.33. The second-order valence-electron chi connectivity index (χ2n) is 5.11. The average Bonchev–Trinajstić information content (AvgIpc) is 2.65. The standard InChI is InChI=1S/C18H13ClN2O4/c1-24-17-5-3-11(8-13(17)19)16(22)10-25-18(23)12-2-4-14-15(9-12)21-7-6-20-14/h2-9H,10H2,1H3. The molecule has 0 radical (unpaired) electrons. The summed E-state index contributed by atoms with van der Waals surface area (Å²) in [5.41, 5.74) is 1.88. The van der Waals surface area contributed by atoms with E-state index in [1.54, 1.807) is 36.5 Å². The second-order valence-corrected chi connectivity index (χ2v) is 5.52. The van der Waals surface area contributed by atoms with Crippen molar-refractivity contribution in [3.8, 4) is 5.75 Å². The van der Waals surface area contributed by atoms with Gasteiger partial charge in [0, 0.05) is 18.0 Å². The van der Waals surface area contributed by atoms with Crippen LogP contribution in [0.15, 0.2) is 48.8 Å². The number of ether oxygens (including phenoxy) is 2. The van der Waals surface area contributed by atoms with Crippen LogP contribution in [-0.4, -0.2) is 35.4 Å². The summed E-state index contributed by atoms with van der Waals surface area (Å²) in [7, 11) is 1.48. The van der Waals surface area contributed by atoms with Gasteiger partial charge in [-0.3, -0.25) is 14.8 Å². The van der Waals surface area contributed by atoms with Crippen LogP contribution in [-0.2, 0) is 4.74 Å². The van der Waals surface area contributed by atoms with Crippen LogP contribution in [0.25, 0.3) is 11.0 Å². The molecule has 3 rings (SSSR count). The Hall–Kier alpha value is -2.99. The Morgan fingerprint density at radius 1 is 1.00 bits per heavy atom. The number of rotatable bonds is 5. The lowest BCUT2D eigenvalue weighted by Crippen LogP contribution is -2.14. The van der Waals surface area contributed by atoms with E-state index in [2.05, 4.69) is 9.97 Å². The molecule has 126 valence electrons. The highest BCUT2D eigenvalue weighted by Crippen LogP contribution is 2.25. The van der Waals surface area contributed by atoms with E-state index in [9.17, 15) is 9.59 Å². The molecule has 0 bridgehead atoms. The summed E-state index contributed by atoms with van der Waals surface area (Å²) in [4.78, 5) is 32.5. The molecule has 0 spiro atoms. The van der Waals surface area contributed by atoms with Gasteiger partial charge in [-0.05, 0) is 36.4 Å². The van der Waals surface area contributed by atoms with Crippen molar-refractivity contribution < 1.29 is 19.1 Å². The molecule has 0 aliphatic rings. The topological polar surface area (TPSA) is 78.4 Å². The van der Waals surface area contributed by atoms with E-state index < -0.39 is 5.97 Å². The molecule has 0 fully saturated rings. The maximum Gasteiger partial charge on any atom is 0.338 e. The van der Waals surface area contributed by atoms with Gasteiger partial charge in [0.05, 0.1) is 28.7 Å². The van der Waals surface area contributed by atoms with Crippen LogP contribution in [0.3, 0.4) is 0 Å². The summed E-state index contributed by atoms with van der Waals surface area (Å²) in [5, 5.41) is 0.313. The van der Waals surface area contributed by atoms with Gasteiger partial charge in [-0.25, -0.2) is 4.79 Å². The van der Waals surface area contributed by atoms with E-state index in [4.69, 9.17) is 21.1 Å². The zero-order valence-electron chi connectivity index (χ0n) is 13.2. The van der Waals surface area contributed by atoms with Crippen molar-refractivity contribution in [3.05, 3.63) is 64.9 Å². The fourth-order valence-electron chi connectivity index (χ4n) is 2.23. The first-order valence-electron chi connectivity index (χ1n) is 7.33. The highest BCUT2D eigenvalue weighted by molar-refractivity contribution is 6.32. The van der Waals surface area contributed by atoms with Gasteiger partial charge in [0.1, 0.15) is 5.75 Å². The molecule has 0 aliphatic carbocycles. The number of halogens is 1. The SMILES string of the molecule is COc1ccc(C(=O)COC(=O)c2ccc3nccnc3c2)cc1Cl. The number of hydrogen-bond acceptors (Lipinski definition) is 6. The Morgan fingerprint density at radius 2 is 1.72 bits per heavy atom. The van der Waals surface area contributed by atoms with E-state index in [-0.39, 0.29) is 12.4 Å². The van der Waals surface area contributed by atoms with Gasteiger partial charge >= 0.3 is 5.97 Å². The third kappa shape index (κ3) is 3.75. The predicted molar refractivity (Wildman–Crippen MR) is 92.2 cm³/mol. The van der Waals surface area contributed by atoms with Crippen LogP contribution in [0.5, 0.6) is 5.75 Å². The minimum atomic E-state index is -0.611. The quantitative estimate of drug-likeness (QED) is 0.515. The van der Waals surface area contributed by atoms with Crippen molar-refractivity contribution >= 4 is 34.4 Å². The summed E-state index contributed by atoms with van der Waals surface area (Å²) in [5.74, 6) is -0.508. The number of nitrogens with zero attached hydrogens (tertiary/aromatic N) is 2. The summed E-state index contributed by atoms with van der Waals surface area (Å²) in [6, 6.07) is 9.44. The van der Waals surface area contributed by atoms with Crippen LogP contribution >= 0.6 is 11.6 Å². The number of carbonyl (C=O) groups excluding carboxylic acids is 2. The lowest BCUT2D eigenvalue weighted by Gasteiger charge is -2.07. The number of hydrogen-bond donors (Lipinski definition) is 0. The first kappa shape index (κ1) is 16.9. The molecule has 25 heavy (non-hydrogen) atoms. The van der Waals surface area contributed by atoms with Gasteiger partial charge in [0.15, 0.2) is 12.4 Å². The van der Waals surface area contributed by atoms with Gasteiger partial charge in [-0.2, -0.15) is 0 Å². The smallest absolute Gasteiger partial charge is 0.338 e. The van der Waals surface area contributed by atoms with Gasteiger partial charge in [-0.1, -0.05) is 11.6 Å². The maximum absolute atomic E-state index is 12.1. The van der Waals surface area contributed by atoms with E-state index in [1.165, 1.54) is 19.4 Å². The molecular weight excluding hydrogens is 344 g/mol. The molecule has 0 saturated heterocycles.